The average molecular weight is 444 g/mol. The molecule has 0 spiro atoms. The van der Waals surface area contributed by atoms with Crippen molar-refractivity contribution in [2.24, 2.45) is 0 Å². The van der Waals surface area contributed by atoms with Crippen LogP contribution in [0.25, 0.3) is 0 Å². The predicted molar refractivity (Wildman–Crippen MR) is 124 cm³/mol. The number of rotatable bonds is 6. The molecule has 2 aliphatic rings. The number of fused-ring (bicyclic) bond motifs is 2. The molecule has 7 nitrogen and oxygen atoms in total. The lowest BCUT2D eigenvalue weighted by Crippen LogP contribution is -2.33. The van der Waals surface area contributed by atoms with Gasteiger partial charge in [0.1, 0.15) is 17.3 Å². The third-order valence-corrected chi connectivity index (χ3v) is 6.39. The van der Waals surface area contributed by atoms with Crippen molar-refractivity contribution in [2.75, 3.05) is 19.5 Å². The summed E-state index contributed by atoms with van der Waals surface area (Å²) in [6.45, 7) is 2.45. The number of hydrogen-bond donors (Lipinski definition) is 1. The minimum absolute atomic E-state index is 0.222. The van der Waals surface area contributed by atoms with E-state index in [1.165, 1.54) is 4.90 Å². The molecule has 1 aliphatic heterocycles. The van der Waals surface area contributed by atoms with Crippen LogP contribution in [0, 0.1) is 6.92 Å². The summed E-state index contributed by atoms with van der Waals surface area (Å²) in [5.74, 6) is 1.80. The molecular weight excluding hydrogens is 418 g/mol. The molecule has 7 heteroatoms. The van der Waals surface area contributed by atoms with Gasteiger partial charge in [0.15, 0.2) is 0 Å². The Balaban J connectivity index is 1.43. The normalized spacial score (nSPS) is 16.6. The fraction of sp³-hybridized carbons (Fsp3) is 0.269. The number of nitrogens with one attached hydrogen (secondary N) is 1. The summed E-state index contributed by atoms with van der Waals surface area (Å²) < 4.78 is 10.8. The van der Waals surface area contributed by atoms with Crippen LogP contribution in [0.4, 0.5) is 5.82 Å². The summed E-state index contributed by atoms with van der Waals surface area (Å²) in [5.41, 5.74) is 4.81. The number of ether oxygens (including phenoxy) is 2. The zero-order chi connectivity index (χ0) is 23.1. The summed E-state index contributed by atoms with van der Waals surface area (Å²) >= 11 is 0. The lowest BCUT2D eigenvalue weighted by Gasteiger charge is -2.23. The number of aromatic nitrogens is 1. The topological polar surface area (TPSA) is 80.8 Å². The first-order chi connectivity index (χ1) is 16.0. The summed E-state index contributed by atoms with van der Waals surface area (Å²) in [6.07, 6.45) is 1.43. The predicted octanol–water partition coefficient (Wildman–Crippen LogP) is 4.30. The van der Waals surface area contributed by atoms with Crippen LogP contribution in [0.5, 0.6) is 11.5 Å². The van der Waals surface area contributed by atoms with Crippen molar-refractivity contribution in [3.8, 4) is 11.5 Å². The van der Waals surface area contributed by atoms with E-state index in [4.69, 9.17) is 14.5 Å². The average Bonchev–Trinajstić information content (AvgIpc) is 3.35. The van der Waals surface area contributed by atoms with E-state index < -0.39 is 0 Å². The van der Waals surface area contributed by atoms with Crippen LogP contribution < -0.4 is 14.8 Å². The molecule has 0 fully saturated rings. The SMILES string of the molecule is COc1ccc(CNc2nc(C)cc3c2CC[C@@H]3N2C(=O)c3ccccc3C2=O)c(OC)c1. The van der Waals surface area contributed by atoms with E-state index in [1.807, 2.05) is 31.2 Å². The van der Waals surface area contributed by atoms with Crippen LogP contribution >= 0.6 is 0 Å². The van der Waals surface area contributed by atoms with E-state index in [-0.39, 0.29) is 17.9 Å². The summed E-state index contributed by atoms with van der Waals surface area (Å²) in [4.78, 5) is 32.3. The van der Waals surface area contributed by atoms with Crippen molar-refractivity contribution in [3.05, 3.63) is 82.0 Å². The van der Waals surface area contributed by atoms with Crippen molar-refractivity contribution in [2.45, 2.75) is 32.4 Å². The maximum Gasteiger partial charge on any atom is 0.262 e. The standard InChI is InChI=1S/C26H25N3O4/c1-15-12-21-18(24(28-15)27-14-16-8-9-17(32-2)13-23(16)33-3)10-11-22(21)29-25(30)19-6-4-5-7-20(19)26(29)31/h4-9,12-13,22H,10-11,14H2,1-3H3,(H,27,28)/t22-/m0/s1. The number of aryl methyl sites for hydroxylation is 1. The van der Waals surface area contributed by atoms with Gasteiger partial charge in [-0.25, -0.2) is 4.98 Å². The monoisotopic (exact) mass is 443 g/mol. The van der Waals surface area contributed by atoms with Gasteiger partial charge in [0.25, 0.3) is 11.8 Å². The molecule has 0 saturated heterocycles. The Morgan fingerprint density at radius 1 is 1.03 bits per heavy atom. The molecular formula is C26H25N3O4. The molecule has 2 aromatic carbocycles. The van der Waals surface area contributed by atoms with Gasteiger partial charge in [-0.1, -0.05) is 12.1 Å². The number of imide groups is 1. The van der Waals surface area contributed by atoms with Crippen LogP contribution in [-0.4, -0.2) is 35.9 Å². The van der Waals surface area contributed by atoms with Crippen LogP contribution in [0.15, 0.2) is 48.5 Å². The molecule has 2 heterocycles. The number of pyridine rings is 1. The van der Waals surface area contributed by atoms with Crippen LogP contribution in [-0.2, 0) is 13.0 Å². The minimum Gasteiger partial charge on any atom is -0.497 e. The lowest BCUT2D eigenvalue weighted by molar-refractivity contribution is 0.0582. The zero-order valence-corrected chi connectivity index (χ0v) is 18.8. The fourth-order valence-electron chi connectivity index (χ4n) is 4.80. The molecule has 0 bridgehead atoms. The van der Waals surface area contributed by atoms with E-state index in [1.54, 1.807) is 38.5 Å². The smallest absolute Gasteiger partial charge is 0.262 e. The fourth-order valence-corrected chi connectivity index (χ4v) is 4.80. The number of carbonyl (C=O) groups excluding carboxylic acids is 2. The van der Waals surface area contributed by atoms with E-state index in [0.29, 0.717) is 24.1 Å². The highest BCUT2D eigenvalue weighted by atomic mass is 16.5. The van der Waals surface area contributed by atoms with Crippen LogP contribution in [0.2, 0.25) is 0 Å². The van der Waals surface area contributed by atoms with Crippen molar-refractivity contribution < 1.29 is 19.1 Å². The number of hydrogen-bond acceptors (Lipinski definition) is 6. The molecule has 3 aromatic rings. The second kappa shape index (κ2) is 8.24. The molecule has 5 rings (SSSR count). The third kappa shape index (κ3) is 3.50. The molecule has 1 aliphatic carbocycles. The Morgan fingerprint density at radius 3 is 2.42 bits per heavy atom. The van der Waals surface area contributed by atoms with Gasteiger partial charge in [-0.15, -0.1) is 0 Å². The van der Waals surface area contributed by atoms with Gasteiger partial charge in [-0.05, 0) is 61.2 Å². The third-order valence-electron chi connectivity index (χ3n) is 6.39. The Morgan fingerprint density at radius 2 is 1.76 bits per heavy atom. The number of carbonyl (C=O) groups is 2. The molecule has 1 atom stereocenters. The van der Waals surface area contributed by atoms with Crippen molar-refractivity contribution in [1.82, 2.24) is 9.88 Å². The highest BCUT2D eigenvalue weighted by Crippen LogP contribution is 2.42. The van der Waals surface area contributed by atoms with Crippen molar-refractivity contribution >= 4 is 17.6 Å². The Bertz CT molecular complexity index is 1240. The number of nitrogens with zero attached hydrogens (tertiary/aromatic N) is 2. The molecule has 0 unspecified atom stereocenters. The second-order valence-electron chi connectivity index (χ2n) is 8.29. The molecule has 1 aromatic heterocycles. The summed E-state index contributed by atoms with van der Waals surface area (Å²) in [5, 5.41) is 3.44. The summed E-state index contributed by atoms with van der Waals surface area (Å²) in [7, 11) is 3.25. The zero-order valence-electron chi connectivity index (χ0n) is 18.8. The van der Waals surface area contributed by atoms with Gasteiger partial charge in [-0.3, -0.25) is 14.5 Å². The first kappa shape index (κ1) is 21.0. The molecule has 33 heavy (non-hydrogen) atoms. The molecule has 2 amide bonds. The minimum atomic E-state index is -0.287. The number of anilines is 1. The maximum atomic E-state index is 13.1. The molecule has 1 N–H and O–H groups in total. The highest BCUT2D eigenvalue weighted by molar-refractivity contribution is 6.21. The van der Waals surface area contributed by atoms with Gasteiger partial charge < -0.3 is 14.8 Å². The number of amides is 2. The quantitative estimate of drug-likeness (QED) is 0.572. The van der Waals surface area contributed by atoms with Gasteiger partial charge in [-0.2, -0.15) is 0 Å². The Labute approximate surface area is 192 Å². The van der Waals surface area contributed by atoms with E-state index >= 15 is 0 Å². The Hall–Kier alpha value is -3.87. The van der Waals surface area contributed by atoms with Crippen LogP contribution in [0.1, 0.15) is 55.6 Å². The van der Waals surface area contributed by atoms with Crippen LogP contribution in [0.3, 0.4) is 0 Å². The van der Waals surface area contributed by atoms with E-state index in [0.717, 1.165) is 46.1 Å². The van der Waals surface area contributed by atoms with E-state index in [9.17, 15) is 9.59 Å². The lowest BCUT2D eigenvalue weighted by atomic mass is 10.1. The van der Waals surface area contributed by atoms with Gasteiger partial charge in [0.2, 0.25) is 0 Å². The highest BCUT2D eigenvalue weighted by Gasteiger charge is 2.43. The largest absolute Gasteiger partial charge is 0.497 e. The van der Waals surface area contributed by atoms with Crippen molar-refractivity contribution in [1.29, 1.82) is 0 Å². The van der Waals surface area contributed by atoms with E-state index in [2.05, 4.69) is 5.32 Å². The number of methoxy groups -OCH3 is 2. The number of benzene rings is 2. The van der Waals surface area contributed by atoms with Crippen molar-refractivity contribution in [3.63, 3.8) is 0 Å². The van der Waals surface area contributed by atoms with Gasteiger partial charge >= 0.3 is 0 Å². The Kier molecular flexibility index (Phi) is 5.24. The van der Waals surface area contributed by atoms with Gasteiger partial charge in [0, 0.05) is 23.9 Å². The molecule has 0 radical (unpaired) electrons. The summed E-state index contributed by atoms with van der Waals surface area (Å²) in [6, 6.07) is 14.4. The second-order valence-corrected chi connectivity index (χ2v) is 8.29. The molecule has 0 saturated carbocycles. The first-order valence-corrected chi connectivity index (χ1v) is 10.9. The first-order valence-electron chi connectivity index (χ1n) is 10.9. The van der Waals surface area contributed by atoms with Gasteiger partial charge in [0.05, 0.1) is 31.4 Å². The molecule has 168 valence electrons. The maximum absolute atomic E-state index is 13.1.